The molecular formula is C18H10BrClFN3O2. The Morgan fingerprint density at radius 1 is 1.27 bits per heavy atom. The van der Waals surface area contributed by atoms with E-state index in [1.54, 1.807) is 18.2 Å². The predicted octanol–water partition coefficient (Wildman–Crippen LogP) is 4.58. The Labute approximate surface area is 161 Å². The summed E-state index contributed by atoms with van der Waals surface area (Å²) in [5.74, 6) is -0.473. The van der Waals surface area contributed by atoms with E-state index in [1.807, 2.05) is 6.07 Å². The van der Waals surface area contributed by atoms with Crippen LogP contribution in [0.5, 0.6) is 11.5 Å². The van der Waals surface area contributed by atoms with Gasteiger partial charge >= 0.3 is 0 Å². The molecule has 2 aromatic carbocycles. The third-order valence-corrected chi connectivity index (χ3v) is 4.45. The van der Waals surface area contributed by atoms with Crippen LogP contribution in [-0.4, -0.2) is 10.2 Å². The van der Waals surface area contributed by atoms with Crippen molar-refractivity contribution in [1.82, 2.24) is 10.2 Å². The van der Waals surface area contributed by atoms with Gasteiger partial charge in [-0.15, -0.1) is 0 Å². The van der Waals surface area contributed by atoms with Crippen molar-refractivity contribution in [3.05, 3.63) is 85.0 Å². The van der Waals surface area contributed by atoms with Crippen LogP contribution in [0, 0.1) is 17.1 Å². The number of halogens is 3. The van der Waals surface area contributed by atoms with E-state index in [9.17, 15) is 9.18 Å². The largest absolute Gasteiger partial charge is 0.451 e. The van der Waals surface area contributed by atoms with E-state index in [0.29, 0.717) is 21.3 Å². The quantitative estimate of drug-likeness (QED) is 0.652. The fourth-order valence-electron chi connectivity index (χ4n) is 2.23. The number of hydrogen-bond donors (Lipinski definition) is 1. The molecule has 0 amide bonds. The van der Waals surface area contributed by atoms with Gasteiger partial charge in [-0.05, 0) is 45.8 Å². The number of nitriles is 1. The summed E-state index contributed by atoms with van der Waals surface area (Å²) >= 11 is 9.33. The molecule has 0 aliphatic rings. The zero-order valence-corrected chi connectivity index (χ0v) is 15.4. The topological polar surface area (TPSA) is 78.8 Å². The Hall–Kier alpha value is -2.69. The molecule has 0 bridgehead atoms. The molecule has 8 heteroatoms. The summed E-state index contributed by atoms with van der Waals surface area (Å²) < 4.78 is 21.0. The van der Waals surface area contributed by atoms with Crippen molar-refractivity contribution in [3.63, 3.8) is 0 Å². The second-order valence-corrected chi connectivity index (χ2v) is 6.56. The number of benzene rings is 2. The average Bonchev–Trinajstić information content (AvgIpc) is 2.64. The van der Waals surface area contributed by atoms with Crippen LogP contribution >= 0.6 is 27.5 Å². The van der Waals surface area contributed by atoms with Gasteiger partial charge in [0.15, 0.2) is 11.6 Å². The second kappa shape index (κ2) is 7.68. The van der Waals surface area contributed by atoms with Gasteiger partial charge in [0.2, 0.25) is 0 Å². The van der Waals surface area contributed by atoms with E-state index in [0.717, 1.165) is 0 Å². The third kappa shape index (κ3) is 3.93. The van der Waals surface area contributed by atoms with Gasteiger partial charge in [-0.3, -0.25) is 4.79 Å². The second-order valence-electron chi connectivity index (χ2n) is 5.30. The Morgan fingerprint density at radius 3 is 2.77 bits per heavy atom. The van der Waals surface area contributed by atoms with Crippen molar-refractivity contribution in [2.75, 3.05) is 0 Å². The molecule has 0 fully saturated rings. The molecule has 0 spiro atoms. The standard InChI is InChI=1S/C18H10BrClFN3O2/c19-13-4-2-11(8-12-3-6-16(25)24-23-12)17(21)18(13)26-15-7-10(9-22)1-5-14(15)20/h1-7H,8H2,(H,24,25). The summed E-state index contributed by atoms with van der Waals surface area (Å²) in [5, 5.41) is 15.4. The van der Waals surface area contributed by atoms with Gasteiger partial charge in [0.25, 0.3) is 5.56 Å². The van der Waals surface area contributed by atoms with Crippen LogP contribution < -0.4 is 10.3 Å². The summed E-state index contributed by atoms with van der Waals surface area (Å²) in [7, 11) is 0. The molecule has 0 saturated carbocycles. The van der Waals surface area contributed by atoms with Crippen molar-refractivity contribution in [2.45, 2.75) is 6.42 Å². The van der Waals surface area contributed by atoms with Gasteiger partial charge in [-0.1, -0.05) is 17.7 Å². The van der Waals surface area contributed by atoms with Crippen molar-refractivity contribution >= 4 is 27.5 Å². The van der Waals surface area contributed by atoms with Crippen molar-refractivity contribution in [2.24, 2.45) is 0 Å². The van der Waals surface area contributed by atoms with Gasteiger partial charge in [0.1, 0.15) is 5.75 Å². The first-order chi connectivity index (χ1) is 12.5. The maximum absolute atomic E-state index is 14.9. The lowest BCUT2D eigenvalue weighted by Gasteiger charge is -2.13. The number of rotatable bonds is 4. The van der Waals surface area contributed by atoms with E-state index < -0.39 is 5.82 Å². The molecule has 0 radical (unpaired) electrons. The van der Waals surface area contributed by atoms with Gasteiger partial charge in [-0.2, -0.15) is 10.4 Å². The highest BCUT2D eigenvalue weighted by atomic mass is 79.9. The van der Waals surface area contributed by atoms with Gasteiger partial charge in [-0.25, -0.2) is 9.49 Å². The number of aromatic nitrogens is 2. The van der Waals surface area contributed by atoms with E-state index in [-0.39, 0.29) is 28.5 Å². The van der Waals surface area contributed by atoms with E-state index >= 15 is 0 Å². The number of H-pyrrole nitrogens is 1. The smallest absolute Gasteiger partial charge is 0.264 e. The van der Waals surface area contributed by atoms with Gasteiger partial charge < -0.3 is 4.74 Å². The van der Waals surface area contributed by atoms with Crippen molar-refractivity contribution < 1.29 is 9.13 Å². The molecule has 130 valence electrons. The van der Waals surface area contributed by atoms with Crippen LogP contribution in [0.4, 0.5) is 4.39 Å². The SMILES string of the molecule is N#Cc1ccc(Cl)c(Oc2c(Br)ccc(Cc3ccc(=O)[nH]n3)c2F)c1. The van der Waals surface area contributed by atoms with Gasteiger partial charge in [0, 0.05) is 18.6 Å². The van der Waals surface area contributed by atoms with Crippen molar-refractivity contribution in [1.29, 1.82) is 5.26 Å². The summed E-state index contributed by atoms with van der Waals surface area (Å²) in [4.78, 5) is 11.1. The van der Waals surface area contributed by atoms with Crippen LogP contribution in [0.2, 0.25) is 5.02 Å². The number of aromatic amines is 1. The molecule has 0 saturated heterocycles. The molecule has 0 aliphatic carbocycles. The molecule has 0 unspecified atom stereocenters. The highest BCUT2D eigenvalue weighted by Crippen LogP contribution is 2.37. The van der Waals surface area contributed by atoms with Gasteiger partial charge in [0.05, 0.1) is 26.8 Å². The Balaban J connectivity index is 1.96. The minimum atomic E-state index is -0.592. The number of hydrogen-bond acceptors (Lipinski definition) is 4. The zero-order valence-electron chi connectivity index (χ0n) is 13.1. The molecule has 0 atom stereocenters. The molecule has 3 aromatic rings. The van der Waals surface area contributed by atoms with Crippen LogP contribution in [0.1, 0.15) is 16.8 Å². The molecular weight excluding hydrogens is 425 g/mol. The fourth-order valence-corrected chi connectivity index (χ4v) is 2.77. The Bertz CT molecular complexity index is 1060. The summed E-state index contributed by atoms with van der Waals surface area (Å²) in [5.41, 5.74) is 0.840. The van der Waals surface area contributed by atoms with Crippen LogP contribution in [0.3, 0.4) is 0 Å². The minimum absolute atomic E-state index is 0.0519. The third-order valence-electron chi connectivity index (χ3n) is 3.51. The first kappa shape index (κ1) is 18.1. The monoisotopic (exact) mass is 433 g/mol. The van der Waals surface area contributed by atoms with Crippen LogP contribution in [0.25, 0.3) is 0 Å². The molecule has 1 N–H and O–H groups in total. The maximum Gasteiger partial charge on any atom is 0.264 e. The summed E-state index contributed by atoms with van der Waals surface area (Å²) in [6.45, 7) is 0. The highest BCUT2D eigenvalue weighted by molar-refractivity contribution is 9.10. The molecule has 0 aliphatic heterocycles. The zero-order chi connectivity index (χ0) is 18.7. The lowest BCUT2D eigenvalue weighted by atomic mass is 10.1. The highest BCUT2D eigenvalue weighted by Gasteiger charge is 2.17. The molecule has 3 rings (SSSR count). The molecule has 26 heavy (non-hydrogen) atoms. The lowest BCUT2D eigenvalue weighted by molar-refractivity contribution is 0.436. The van der Waals surface area contributed by atoms with E-state index in [4.69, 9.17) is 21.6 Å². The maximum atomic E-state index is 14.9. The Morgan fingerprint density at radius 2 is 2.08 bits per heavy atom. The number of nitrogens with zero attached hydrogens (tertiary/aromatic N) is 2. The predicted molar refractivity (Wildman–Crippen MR) is 98.0 cm³/mol. The first-order valence-electron chi connectivity index (χ1n) is 7.37. The summed E-state index contributed by atoms with van der Waals surface area (Å²) in [6, 6.07) is 12.5. The van der Waals surface area contributed by atoms with Crippen LogP contribution in [-0.2, 0) is 6.42 Å². The molecule has 5 nitrogen and oxygen atoms in total. The Kier molecular flexibility index (Phi) is 5.35. The number of nitrogens with one attached hydrogen (secondary N) is 1. The lowest BCUT2D eigenvalue weighted by Crippen LogP contribution is -2.08. The normalized spacial score (nSPS) is 10.4. The van der Waals surface area contributed by atoms with Crippen LogP contribution in [0.15, 0.2) is 51.7 Å². The van der Waals surface area contributed by atoms with Crippen molar-refractivity contribution in [3.8, 4) is 17.6 Å². The molecule has 1 heterocycles. The van der Waals surface area contributed by atoms with E-state index in [2.05, 4.69) is 26.1 Å². The first-order valence-corrected chi connectivity index (χ1v) is 8.54. The average molecular weight is 435 g/mol. The number of ether oxygens (including phenoxy) is 1. The minimum Gasteiger partial charge on any atom is -0.451 e. The molecule has 1 aromatic heterocycles. The summed E-state index contributed by atoms with van der Waals surface area (Å²) in [6.07, 6.45) is 0.165. The van der Waals surface area contributed by atoms with E-state index in [1.165, 1.54) is 24.3 Å². The fraction of sp³-hybridized carbons (Fsp3) is 0.0556.